The normalized spacial score (nSPS) is 16.6. The summed E-state index contributed by atoms with van der Waals surface area (Å²) >= 11 is 0. The van der Waals surface area contributed by atoms with Crippen LogP contribution in [0.2, 0.25) is 0 Å². The van der Waals surface area contributed by atoms with Crippen LogP contribution in [0.1, 0.15) is 68.7 Å². The number of carbonyl (C=O) groups is 1. The molecule has 0 heterocycles. The molecule has 2 amide bonds. The number of rotatable bonds is 9. The Balaban J connectivity index is 1.62. The highest BCUT2D eigenvalue weighted by Crippen LogP contribution is 2.38. The van der Waals surface area contributed by atoms with E-state index in [0.717, 1.165) is 63.7 Å². The van der Waals surface area contributed by atoms with E-state index in [2.05, 4.69) is 34.9 Å². The van der Waals surface area contributed by atoms with Gasteiger partial charge in [0.1, 0.15) is 0 Å². The number of carbonyl (C=O) groups excluding carboxylic acids is 1. The van der Waals surface area contributed by atoms with E-state index in [0.29, 0.717) is 6.42 Å². The molecule has 0 aromatic heterocycles. The van der Waals surface area contributed by atoms with Gasteiger partial charge in [0.05, 0.1) is 5.75 Å². The fourth-order valence-electron chi connectivity index (χ4n) is 4.78. The van der Waals surface area contributed by atoms with Crippen molar-refractivity contribution >= 4 is 21.7 Å². The number of benzene rings is 1. The lowest BCUT2D eigenvalue weighted by Crippen LogP contribution is -2.39. The van der Waals surface area contributed by atoms with Crippen LogP contribution < -0.4 is 10.0 Å². The van der Waals surface area contributed by atoms with Crippen molar-refractivity contribution in [2.24, 2.45) is 0 Å². The minimum atomic E-state index is -3.67. The van der Waals surface area contributed by atoms with Crippen molar-refractivity contribution in [3.8, 4) is 0 Å². The first-order valence-electron chi connectivity index (χ1n) is 11.1. The maximum absolute atomic E-state index is 12.6. The van der Waals surface area contributed by atoms with Gasteiger partial charge in [-0.05, 0) is 93.6 Å². The first-order chi connectivity index (χ1) is 13.8. The van der Waals surface area contributed by atoms with E-state index >= 15 is 0 Å². The SMILES string of the molecule is CCCN(CC)C(C)CCS(=O)(=O)NC(=O)Nc1c2c(cc3c1CCC3)CCC2. The molecule has 6 nitrogen and oxygen atoms in total. The molecular formula is C22H35N3O3S. The van der Waals surface area contributed by atoms with Gasteiger partial charge in [-0.3, -0.25) is 0 Å². The van der Waals surface area contributed by atoms with Crippen LogP contribution >= 0.6 is 0 Å². The Hall–Kier alpha value is -1.60. The molecule has 1 unspecified atom stereocenters. The molecule has 1 atom stereocenters. The zero-order valence-corrected chi connectivity index (χ0v) is 18.8. The molecule has 0 fully saturated rings. The van der Waals surface area contributed by atoms with Gasteiger partial charge >= 0.3 is 6.03 Å². The van der Waals surface area contributed by atoms with Crippen molar-refractivity contribution in [2.45, 2.75) is 78.2 Å². The zero-order valence-electron chi connectivity index (χ0n) is 18.0. The molecule has 3 rings (SSSR count). The average Bonchev–Trinajstić information content (AvgIpc) is 3.32. The minimum Gasteiger partial charge on any atom is -0.307 e. The number of aryl methyl sites for hydroxylation is 2. The summed E-state index contributed by atoms with van der Waals surface area (Å²) in [5.74, 6) is -0.0488. The highest BCUT2D eigenvalue weighted by atomic mass is 32.2. The average molecular weight is 422 g/mol. The van der Waals surface area contributed by atoms with Crippen LogP contribution in [0, 0.1) is 0 Å². The summed E-state index contributed by atoms with van der Waals surface area (Å²) in [6.45, 7) is 8.10. The summed E-state index contributed by atoms with van der Waals surface area (Å²) in [5, 5.41) is 2.90. The Kier molecular flexibility index (Phi) is 7.22. The Bertz CT molecular complexity index is 819. The number of anilines is 1. The lowest BCUT2D eigenvalue weighted by Gasteiger charge is -2.27. The van der Waals surface area contributed by atoms with Gasteiger partial charge in [0.25, 0.3) is 0 Å². The number of urea groups is 1. The van der Waals surface area contributed by atoms with Crippen LogP contribution in [0.15, 0.2) is 6.07 Å². The second-order valence-corrected chi connectivity index (χ2v) is 10.2. The largest absolute Gasteiger partial charge is 0.332 e. The van der Waals surface area contributed by atoms with Crippen molar-refractivity contribution < 1.29 is 13.2 Å². The molecule has 7 heteroatoms. The minimum absolute atomic E-state index is 0.0488. The van der Waals surface area contributed by atoms with Crippen LogP contribution in [-0.2, 0) is 35.7 Å². The molecule has 29 heavy (non-hydrogen) atoms. The van der Waals surface area contributed by atoms with Crippen LogP contribution in [-0.4, -0.2) is 44.2 Å². The van der Waals surface area contributed by atoms with Gasteiger partial charge in [0, 0.05) is 11.7 Å². The monoisotopic (exact) mass is 421 g/mol. The van der Waals surface area contributed by atoms with E-state index in [4.69, 9.17) is 0 Å². The first-order valence-corrected chi connectivity index (χ1v) is 12.7. The summed E-state index contributed by atoms with van der Waals surface area (Å²) in [5.41, 5.74) is 5.89. The lowest BCUT2D eigenvalue weighted by molar-refractivity contribution is 0.215. The molecule has 2 N–H and O–H groups in total. The number of nitrogens with zero attached hydrogens (tertiary/aromatic N) is 1. The molecule has 0 saturated carbocycles. The standard InChI is InChI=1S/C22H35N3O3S/c1-4-13-25(5-2)16(3)12-14-29(27,28)24-22(26)23-21-19-10-6-8-17(19)15-18-9-7-11-20(18)21/h15-16H,4-14H2,1-3H3,(H2,23,24,26). The van der Waals surface area contributed by atoms with Gasteiger partial charge in [-0.15, -0.1) is 0 Å². The second kappa shape index (κ2) is 9.47. The summed E-state index contributed by atoms with van der Waals surface area (Å²) < 4.78 is 27.2. The smallest absolute Gasteiger partial charge is 0.307 e. The summed E-state index contributed by atoms with van der Waals surface area (Å²) in [7, 11) is -3.67. The van der Waals surface area contributed by atoms with E-state index in [1.54, 1.807) is 0 Å². The van der Waals surface area contributed by atoms with Crippen molar-refractivity contribution in [3.05, 3.63) is 28.3 Å². The van der Waals surface area contributed by atoms with Gasteiger partial charge in [-0.1, -0.05) is 19.9 Å². The fraction of sp³-hybridized carbons (Fsp3) is 0.682. The summed E-state index contributed by atoms with van der Waals surface area (Å²) in [4.78, 5) is 14.8. The fourth-order valence-corrected chi connectivity index (χ4v) is 5.87. The molecule has 0 aliphatic heterocycles. The van der Waals surface area contributed by atoms with E-state index < -0.39 is 16.1 Å². The van der Waals surface area contributed by atoms with Gasteiger partial charge in [-0.2, -0.15) is 0 Å². The van der Waals surface area contributed by atoms with Gasteiger partial charge in [0.15, 0.2) is 0 Å². The predicted octanol–water partition coefficient (Wildman–Crippen LogP) is 3.63. The Morgan fingerprint density at radius 3 is 2.28 bits per heavy atom. The molecule has 0 bridgehead atoms. The van der Waals surface area contributed by atoms with Gasteiger partial charge in [0.2, 0.25) is 10.0 Å². The van der Waals surface area contributed by atoms with Crippen LogP contribution in [0.4, 0.5) is 10.5 Å². The maximum Gasteiger partial charge on any atom is 0.332 e. The third-order valence-electron chi connectivity index (χ3n) is 6.30. The second-order valence-electron chi connectivity index (χ2n) is 8.38. The van der Waals surface area contributed by atoms with Gasteiger partial charge in [-0.25, -0.2) is 17.9 Å². The van der Waals surface area contributed by atoms with Gasteiger partial charge < -0.3 is 10.2 Å². The van der Waals surface area contributed by atoms with Crippen molar-refractivity contribution in [3.63, 3.8) is 0 Å². The number of hydrogen-bond acceptors (Lipinski definition) is 4. The molecule has 1 aromatic rings. The van der Waals surface area contributed by atoms with Crippen LogP contribution in [0.5, 0.6) is 0 Å². The quantitative estimate of drug-likeness (QED) is 0.638. The first kappa shape index (κ1) is 22.1. The van der Waals surface area contributed by atoms with E-state index in [-0.39, 0.29) is 11.8 Å². The third kappa shape index (κ3) is 5.31. The van der Waals surface area contributed by atoms with Crippen molar-refractivity contribution in [1.29, 1.82) is 0 Å². The third-order valence-corrected chi connectivity index (χ3v) is 7.57. The number of fused-ring (bicyclic) bond motifs is 2. The van der Waals surface area contributed by atoms with E-state index in [1.807, 2.05) is 6.92 Å². The number of nitrogens with one attached hydrogen (secondary N) is 2. The summed E-state index contributed by atoms with van der Waals surface area (Å²) in [6, 6.07) is 1.83. The Labute approximate surface area is 175 Å². The summed E-state index contributed by atoms with van der Waals surface area (Å²) in [6.07, 6.45) is 7.72. The molecule has 1 aromatic carbocycles. The maximum atomic E-state index is 12.6. The Morgan fingerprint density at radius 1 is 1.10 bits per heavy atom. The van der Waals surface area contributed by atoms with Crippen molar-refractivity contribution in [1.82, 2.24) is 9.62 Å². The number of sulfonamides is 1. The van der Waals surface area contributed by atoms with Crippen molar-refractivity contribution in [2.75, 3.05) is 24.2 Å². The van der Waals surface area contributed by atoms with E-state index in [9.17, 15) is 13.2 Å². The molecule has 2 aliphatic carbocycles. The molecule has 0 spiro atoms. The number of hydrogen-bond donors (Lipinski definition) is 2. The molecule has 2 aliphatic rings. The highest BCUT2D eigenvalue weighted by Gasteiger charge is 2.26. The molecular weight excluding hydrogens is 386 g/mol. The number of amides is 2. The molecule has 162 valence electrons. The predicted molar refractivity (Wildman–Crippen MR) is 118 cm³/mol. The molecule has 0 saturated heterocycles. The van der Waals surface area contributed by atoms with Crippen LogP contribution in [0.25, 0.3) is 0 Å². The molecule has 0 radical (unpaired) electrons. The highest BCUT2D eigenvalue weighted by molar-refractivity contribution is 7.90. The topological polar surface area (TPSA) is 78.5 Å². The zero-order chi connectivity index (χ0) is 21.0. The van der Waals surface area contributed by atoms with Crippen LogP contribution in [0.3, 0.4) is 0 Å². The lowest BCUT2D eigenvalue weighted by atomic mass is 9.99. The van der Waals surface area contributed by atoms with E-state index in [1.165, 1.54) is 22.3 Å². The Morgan fingerprint density at radius 2 is 1.72 bits per heavy atom.